The monoisotopic (exact) mass is 364 g/mol. The first kappa shape index (κ1) is 18.8. The van der Waals surface area contributed by atoms with Gasteiger partial charge in [-0.1, -0.05) is 0 Å². The number of carbonyl (C=O) groups is 1. The molecule has 6 heteroatoms. The average molecular weight is 365 g/mol. The van der Waals surface area contributed by atoms with E-state index in [4.69, 9.17) is 4.74 Å². The third-order valence-corrected chi connectivity index (χ3v) is 5.58. The molecule has 0 saturated carbocycles. The van der Waals surface area contributed by atoms with E-state index in [0.29, 0.717) is 6.54 Å². The molecule has 0 bridgehead atoms. The van der Waals surface area contributed by atoms with E-state index in [1.165, 1.54) is 5.56 Å². The molecule has 0 aliphatic rings. The normalized spacial score (nSPS) is 13.5. The topological polar surface area (TPSA) is 41.6 Å². The molecule has 1 aromatic heterocycles. The third-order valence-electron chi connectivity index (χ3n) is 3.76. The van der Waals surface area contributed by atoms with Crippen LogP contribution in [0.1, 0.15) is 18.5 Å². The summed E-state index contributed by atoms with van der Waals surface area (Å²) in [6, 6.07) is 10.1. The minimum atomic E-state index is -0.149. The quantitative estimate of drug-likeness (QED) is 0.726. The maximum atomic E-state index is 12.4. The van der Waals surface area contributed by atoms with Crippen LogP contribution in [0.5, 0.6) is 5.75 Å². The van der Waals surface area contributed by atoms with Crippen LogP contribution in [0.15, 0.2) is 46.0 Å². The highest BCUT2D eigenvalue weighted by atomic mass is 32.2. The number of hydrogen-bond donors (Lipinski definition) is 1. The van der Waals surface area contributed by atoms with E-state index >= 15 is 0 Å². The second kappa shape index (κ2) is 9.11. The zero-order valence-electron chi connectivity index (χ0n) is 14.5. The smallest absolute Gasteiger partial charge is 0.233 e. The lowest BCUT2D eigenvalue weighted by atomic mass is 10.1. The standard InChI is InChI=1S/C18H24N2O2S2/c1-13(24-16-7-5-15(22-4)6-8-16)18(21)19-11-17(20(2)3)14-9-10-23-12-14/h5-10,12-13,17H,11H2,1-4H3,(H,19,21)/t13-,17+/m1/s1. The van der Waals surface area contributed by atoms with Crippen molar-refractivity contribution in [3.05, 3.63) is 46.7 Å². The summed E-state index contributed by atoms with van der Waals surface area (Å²) >= 11 is 3.23. The second-order valence-electron chi connectivity index (χ2n) is 5.72. The molecule has 24 heavy (non-hydrogen) atoms. The molecule has 0 spiro atoms. The number of hydrogen-bond acceptors (Lipinski definition) is 5. The maximum Gasteiger partial charge on any atom is 0.233 e. The zero-order valence-corrected chi connectivity index (χ0v) is 16.1. The van der Waals surface area contributed by atoms with Crippen molar-refractivity contribution in [2.75, 3.05) is 27.7 Å². The Kier molecular flexibility index (Phi) is 7.15. The van der Waals surface area contributed by atoms with Crippen molar-refractivity contribution in [3.63, 3.8) is 0 Å². The van der Waals surface area contributed by atoms with Gasteiger partial charge in [-0.3, -0.25) is 4.79 Å². The largest absolute Gasteiger partial charge is 0.497 e. The molecule has 2 rings (SSSR count). The van der Waals surface area contributed by atoms with Crippen LogP contribution in [0.3, 0.4) is 0 Å². The van der Waals surface area contributed by atoms with Crippen LogP contribution < -0.4 is 10.1 Å². The van der Waals surface area contributed by atoms with Crippen LogP contribution in [-0.4, -0.2) is 43.8 Å². The van der Waals surface area contributed by atoms with Gasteiger partial charge >= 0.3 is 0 Å². The van der Waals surface area contributed by atoms with E-state index in [0.717, 1.165) is 10.6 Å². The number of benzene rings is 1. The Hall–Kier alpha value is -1.50. The molecule has 1 heterocycles. The van der Waals surface area contributed by atoms with Gasteiger partial charge in [-0.2, -0.15) is 11.3 Å². The number of methoxy groups -OCH3 is 1. The molecule has 2 aromatic rings. The summed E-state index contributed by atoms with van der Waals surface area (Å²) in [5.74, 6) is 0.874. The van der Waals surface area contributed by atoms with Gasteiger partial charge in [-0.05, 0) is 67.7 Å². The summed E-state index contributed by atoms with van der Waals surface area (Å²) < 4.78 is 5.15. The molecule has 1 N–H and O–H groups in total. The Morgan fingerprint density at radius 2 is 2.00 bits per heavy atom. The summed E-state index contributed by atoms with van der Waals surface area (Å²) in [6.07, 6.45) is 0. The van der Waals surface area contributed by atoms with Gasteiger partial charge in [-0.15, -0.1) is 11.8 Å². The van der Waals surface area contributed by atoms with E-state index in [9.17, 15) is 4.79 Å². The molecular weight excluding hydrogens is 340 g/mol. The number of nitrogens with one attached hydrogen (secondary N) is 1. The van der Waals surface area contributed by atoms with Crippen LogP contribution >= 0.6 is 23.1 Å². The number of likely N-dealkylation sites (N-methyl/N-ethyl adjacent to an activating group) is 1. The van der Waals surface area contributed by atoms with Gasteiger partial charge in [0.25, 0.3) is 0 Å². The SMILES string of the molecule is COc1ccc(S[C@H](C)C(=O)NC[C@@H](c2ccsc2)N(C)C)cc1. The fraction of sp³-hybridized carbons (Fsp3) is 0.389. The van der Waals surface area contributed by atoms with Crippen LogP contribution in [0.25, 0.3) is 0 Å². The van der Waals surface area contributed by atoms with E-state index in [1.807, 2.05) is 45.3 Å². The van der Waals surface area contributed by atoms with Gasteiger partial charge in [-0.25, -0.2) is 0 Å². The van der Waals surface area contributed by atoms with E-state index in [1.54, 1.807) is 30.2 Å². The van der Waals surface area contributed by atoms with Crippen molar-refractivity contribution in [1.29, 1.82) is 0 Å². The van der Waals surface area contributed by atoms with Crippen molar-refractivity contribution in [3.8, 4) is 5.75 Å². The minimum absolute atomic E-state index is 0.0536. The predicted molar refractivity (Wildman–Crippen MR) is 102 cm³/mol. The molecule has 1 amide bonds. The molecular formula is C18H24N2O2S2. The summed E-state index contributed by atoms with van der Waals surface area (Å²) in [5.41, 5.74) is 1.24. The zero-order chi connectivity index (χ0) is 17.5. The number of thioether (sulfide) groups is 1. The Balaban J connectivity index is 1.88. The Morgan fingerprint density at radius 3 is 2.54 bits per heavy atom. The fourth-order valence-electron chi connectivity index (χ4n) is 2.32. The van der Waals surface area contributed by atoms with Gasteiger partial charge in [0.2, 0.25) is 5.91 Å². The first-order valence-corrected chi connectivity index (χ1v) is 9.60. The molecule has 0 radical (unpaired) electrons. The van der Waals surface area contributed by atoms with Crippen LogP contribution in [-0.2, 0) is 4.79 Å². The van der Waals surface area contributed by atoms with Gasteiger partial charge in [0.15, 0.2) is 0 Å². The Morgan fingerprint density at radius 1 is 1.29 bits per heavy atom. The highest BCUT2D eigenvalue weighted by Gasteiger charge is 2.19. The third kappa shape index (κ3) is 5.26. The van der Waals surface area contributed by atoms with Gasteiger partial charge in [0, 0.05) is 11.4 Å². The molecule has 0 unspecified atom stereocenters. The van der Waals surface area contributed by atoms with E-state index in [-0.39, 0.29) is 17.2 Å². The molecule has 1 aromatic carbocycles. The number of ether oxygens (including phenoxy) is 1. The lowest BCUT2D eigenvalue weighted by Gasteiger charge is -2.24. The van der Waals surface area contributed by atoms with Crippen molar-refractivity contribution in [1.82, 2.24) is 10.2 Å². The lowest BCUT2D eigenvalue weighted by molar-refractivity contribution is -0.120. The van der Waals surface area contributed by atoms with Crippen molar-refractivity contribution < 1.29 is 9.53 Å². The molecule has 2 atom stereocenters. The van der Waals surface area contributed by atoms with Crippen molar-refractivity contribution >= 4 is 29.0 Å². The highest BCUT2D eigenvalue weighted by molar-refractivity contribution is 8.00. The highest BCUT2D eigenvalue weighted by Crippen LogP contribution is 2.26. The number of amides is 1. The Bertz CT molecular complexity index is 627. The summed E-state index contributed by atoms with van der Waals surface area (Å²) in [7, 11) is 5.71. The fourth-order valence-corrected chi connectivity index (χ4v) is 3.91. The van der Waals surface area contributed by atoms with E-state index in [2.05, 4.69) is 27.0 Å². The lowest BCUT2D eigenvalue weighted by Crippen LogP contribution is -2.37. The van der Waals surface area contributed by atoms with Gasteiger partial charge < -0.3 is 15.0 Å². The first-order chi connectivity index (χ1) is 11.5. The first-order valence-electron chi connectivity index (χ1n) is 7.78. The van der Waals surface area contributed by atoms with Crippen LogP contribution in [0.2, 0.25) is 0 Å². The second-order valence-corrected chi connectivity index (χ2v) is 7.91. The number of carbonyl (C=O) groups excluding carboxylic acids is 1. The Labute approximate surface area is 152 Å². The van der Waals surface area contributed by atoms with Crippen molar-refractivity contribution in [2.24, 2.45) is 0 Å². The average Bonchev–Trinajstić information content (AvgIpc) is 3.09. The van der Waals surface area contributed by atoms with Crippen LogP contribution in [0, 0.1) is 0 Å². The molecule has 4 nitrogen and oxygen atoms in total. The summed E-state index contributed by atoms with van der Waals surface area (Å²) in [5, 5.41) is 7.12. The predicted octanol–water partition coefficient (Wildman–Crippen LogP) is 3.66. The van der Waals surface area contributed by atoms with Gasteiger partial charge in [0.05, 0.1) is 18.4 Å². The minimum Gasteiger partial charge on any atom is -0.497 e. The molecule has 0 aliphatic carbocycles. The molecule has 0 saturated heterocycles. The van der Waals surface area contributed by atoms with E-state index < -0.39 is 0 Å². The molecule has 0 fully saturated rings. The molecule has 0 aliphatic heterocycles. The number of thiophene rings is 1. The molecule has 130 valence electrons. The number of rotatable bonds is 8. The summed E-state index contributed by atoms with van der Waals surface area (Å²) in [6.45, 7) is 2.54. The number of nitrogens with zero attached hydrogens (tertiary/aromatic N) is 1. The summed E-state index contributed by atoms with van der Waals surface area (Å²) in [4.78, 5) is 15.6. The van der Waals surface area contributed by atoms with Crippen molar-refractivity contribution in [2.45, 2.75) is 23.1 Å². The van der Waals surface area contributed by atoms with Gasteiger partial charge in [0.1, 0.15) is 5.75 Å². The maximum absolute atomic E-state index is 12.4. The van der Waals surface area contributed by atoms with Crippen LogP contribution in [0.4, 0.5) is 0 Å².